The second-order valence-electron chi connectivity index (χ2n) is 9.52. The fraction of sp³-hybridized carbons (Fsp3) is 0.393. The standard InChI is InChI=1S/C28H32N4O7/c1-18-8-4-7-11-23(18)32-15-14-30(28(32)37)13-12-29-26(35)24(38-19(2)33)25(39-20(3)34)27(36)31-16-21-9-5-6-10-22(21)17-31/h4-11,24-25H,12-17H2,1-3H3,(H,29,35). The molecular weight excluding hydrogens is 504 g/mol. The molecule has 2 aromatic carbocycles. The van der Waals surface area contributed by atoms with E-state index in [1.165, 1.54) is 4.90 Å². The molecule has 11 nitrogen and oxygen atoms in total. The third kappa shape index (κ3) is 6.36. The molecule has 4 amide bonds. The Bertz CT molecular complexity index is 1260. The quantitative estimate of drug-likeness (QED) is 0.484. The van der Waals surface area contributed by atoms with Gasteiger partial charge in [-0.2, -0.15) is 0 Å². The van der Waals surface area contributed by atoms with Crippen molar-refractivity contribution in [1.82, 2.24) is 15.1 Å². The number of rotatable bonds is 9. The maximum Gasteiger partial charge on any atom is 0.324 e. The molecule has 1 saturated heterocycles. The van der Waals surface area contributed by atoms with Gasteiger partial charge >= 0.3 is 18.0 Å². The van der Waals surface area contributed by atoms with Gasteiger partial charge in [0, 0.05) is 58.8 Å². The first-order valence-corrected chi connectivity index (χ1v) is 12.8. The SMILES string of the molecule is CC(=O)OC(C(=O)NCCN1CCN(c2ccccc2C)C1=O)C(OC(C)=O)C(=O)N1Cc2ccccc2C1. The number of carbonyl (C=O) groups excluding carboxylic acids is 5. The summed E-state index contributed by atoms with van der Waals surface area (Å²) in [5.74, 6) is -3.06. The summed E-state index contributed by atoms with van der Waals surface area (Å²) in [6.45, 7) is 5.92. The van der Waals surface area contributed by atoms with Crippen LogP contribution in [0.3, 0.4) is 0 Å². The van der Waals surface area contributed by atoms with Gasteiger partial charge in [-0.25, -0.2) is 4.79 Å². The lowest BCUT2D eigenvalue weighted by Gasteiger charge is -2.28. The first kappa shape index (κ1) is 27.6. The Hall–Kier alpha value is -4.41. The largest absolute Gasteiger partial charge is 0.448 e. The van der Waals surface area contributed by atoms with Crippen LogP contribution in [0.4, 0.5) is 10.5 Å². The lowest BCUT2D eigenvalue weighted by Crippen LogP contribution is -2.54. The van der Waals surface area contributed by atoms with Crippen LogP contribution < -0.4 is 10.2 Å². The van der Waals surface area contributed by atoms with Crippen molar-refractivity contribution in [3.63, 3.8) is 0 Å². The number of nitrogens with one attached hydrogen (secondary N) is 1. The van der Waals surface area contributed by atoms with Crippen LogP contribution in [0.1, 0.15) is 30.5 Å². The van der Waals surface area contributed by atoms with Gasteiger partial charge in [0.25, 0.3) is 11.8 Å². The van der Waals surface area contributed by atoms with Crippen molar-refractivity contribution in [2.24, 2.45) is 0 Å². The summed E-state index contributed by atoms with van der Waals surface area (Å²) in [7, 11) is 0. The summed E-state index contributed by atoms with van der Waals surface area (Å²) in [5, 5.41) is 2.63. The summed E-state index contributed by atoms with van der Waals surface area (Å²) in [6.07, 6.45) is -3.36. The van der Waals surface area contributed by atoms with E-state index in [4.69, 9.17) is 9.47 Å². The van der Waals surface area contributed by atoms with Gasteiger partial charge in [0.05, 0.1) is 0 Å². The van der Waals surface area contributed by atoms with E-state index >= 15 is 0 Å². The van der Waals surface area contributed by atoms with E-state index in [-0.39, 0.29) is 32.2 Å². The number of hydrogen-bond acceptors (Lipinski definition) is 7. The van der Waals surface area contributed by atoms with E-state index < -0.39 is 36.0 Å². The monoisotopic (exact) mass is 536 g/mol. The van der Waals surface area contributed by atoms with Crippen LogP contribution in [0.5, 0.6) is 0 Å². The van der Waals surface area contributed by atoms with E-state index in [2.05, 4.69) is 5.32 Å². The molecule has 0 saturated carbocycles. The summed E-state index contributed by atoms with van der Waals surface area (Å²) in [5.41, 5.74) is 3.69. The van der Waals surface area contributed by atoms with Crippen molar-refractivity contribution in [3.05, 3.63) is 65.2 Å². The highest BCUT2D eigenvalue weighted by atomic mass is 16.6. The number of esters is 2. The van der Waals surface area contributed by atoms with Gasteiger partial charge in [-0.1, -0.05) is 42.5 Å². The maximum atomic E-state index is 13.4. The zero-order valence-electron chi connectivity index (χ0n) is 22.2. The zero-order valence-corrected chi connectivity index (χ0v) is 22.2. The van der Waals surface area contributed by atoms with Crippen molar-refractivity contribution < 1.29 is 33.4 Å². The number of anilines is 1. The average Bonchev–Trinajstić information content (AvgIpc) is 3.49. The van der Waals surface area contributed by atoms with Crippen LogP contribution in [-0.4, -0.2) is 78.0 Å². The molecule has 2 aliphatic heterocycles. The highest BCUT2D eigenvalue weighted by Gasteiger charge is 2.42. The summed E-state index contributed by atoms with van der Waals surface area (Å²) in [4.78, 5) is 68.0. The number of fused-ring (bicyclic) bond motifs is 1. The number of nitrogens with zero attached hydrogens (tertiary/aromatic N) is 3. The predicted molar refractivity (Wildman–Crippen MR) is 140 cm³/mol. The number of para-hydroxylation sites is 1. The molecule has 2 aliphatic rings. The number of urea groups is 1. The molecule has 0 spiro atoms. The van der Waals surface area contributed by atoms with Gasteiger partial charge < -0.3 is 24.6 Å². The fourth-order valence-corrected chi connectivity index (χ4v) is 4.82. The van der Waals surface area contributed by atoms with Crippen molar-refractivity contribution in [1.29, 1.82) is 0 Å². The Morgan fingerprint density at radius 1 is 0.872 bits per heavy atom. The van der Waals surface area contributed by atoms with E-state index in [9.17, 15) is 24.0 Å². The Labute approximate surface area is 226 Å². The number of amides is 4. The zero-order chi connectivity index (χ0) is 28.1. The molecule has 0 bridgehead atoms. The topological polar surface area (TPSA) is 126 Å². The second-order valence-corrected chi connectivity index (χ2v) is 9.52. The fourth-order valence-electron chi connectivity index (χ4n) is 4.82. The molecule has 2 atom stereocenters. The van der Waals surface area contributed by atoms with Crippen LogP contribution in [0, 0.1) is 6.92 Å². The maximum absolute atomic E-state index is 13.4. The molecule has 4 rings (SSSR count). The molecule has 2 aromatic rings. The van der Waals surface area contributed by atoms with Crippen molar-refractivity contribution >= 4 is 35.5 Å². The molecule has 206 valence electrons. The first-order valence-electron chi connectivity index (χ1n) is 12.8. The highest BCUT2D eigenvalue weighted by Crippen LogP contribution is 2.25. The van der Waals surface area contributed by atoms with Gasteiger partial charge in [-0.3, -0.25) is 24.1 Å². The van der Waals surface area contributed by atoms with Crippen LogP contribution in [0.2, 0.25) is 0 Å². The van der Waals surface area contributed by atoms with Crippen LogP contribution in [-0.2, 0) is 41.7 Å². The summed E-state index contributed by atoms with van der Waals surface area (Å²) < 4.78 is 10.4. The van der Waals surface area contributed by atoms with E-state index in [0.29, 0.717) is 13.1 Å². The van der Waals surface area contributed by atoms with Gasteiger partial charge in [0.2, 0.25) is 12.2 Å². The van der Waals surface area contributed by atoms with Gasteiger partial charge in [0.1, 0.15) is 0 Å². The van der Waals surface area contributed by atoms with Crippen molar-refractivity contribution in [2.45, 2.75) is 46.1 Å². The normalized spacial score (nSPS) is 16.0. The number of carbonyl (C=O) groups is 5. The molecule has 39 heavy (non-hydrogen) atoms. The first-order chi connectivity index (χ1) is 18.7. The summed E-state index contributed by atoms with van der Waals surface area (Å²) >= 11 is 0. The minimum absolute atomic E-state index is 0.0418. The minimum Gasteiger partial charge on any atom is -0.448 e. The van der Waals surface area contributed by atoms with Gasteiger partial charge in [0.15, 0.2) is 0 Å². The smallest absolute Gasteiger partial charge is 0.324 e. The Morgan fingerprint density at radius 3 is 2.08 bits per heavy atom. The summed E-state index contributed by atoms with van der Waals surface area (Å²) in [6, 6.07) is 14.9. The van der Waals surface area contributed by atoms with Crippen molar-refractivity contribution in [2.75, 3.05) is 31.1 Å². The van der Waals surface area contributed by atoms with Crippen molar-refractivity contribution in [3.8, 4) is 0 Å². The van der Waals surface area contributed by atoms with Gasteiger partial charge in [-0.05, 0) is 29.7 Å². The Balaban J connectivity index is 1.41. The molecular formula is C28H32N4O7. The lowest BCUT2D eigenvalue weighted by atomic mass is 10.1. The number of hydrogen-bond donors (Lipinski definition) is 1. The van der Waals surface area contributed by atoms with Crippen LogP contribution >= 0.6 is 0 Å². The molecule has 0 aromatic heterocycles. The average molecular weight is 537 g/mol. The molecule has 11 heteroatoms. The molecule has 0 radical (unpaired) electrons. The number of benzene rings is 2. The molecule has 0 aliphatic carbocycles. The molecule has 2 unspecified atom stereocenters. The Morgan fingerprint density at radius 2 is 1.46 bits per heavy atom. The van der Waals surface area contributed by atoms with E-state index in [0.717, 1.165) is 36.2 Å². The van der Waals surface area contributed by atoms with E-state index in [1.54, 1.807) is 9.80 Å². The third-order valence-corrected chi connectivity index (χ3v) is 6.70. The predicted octanol–water partition coefficient (Wildman–Crippen LogP) is 1.76. The highest BCUT2D eigenvalue weighted by molar-refractivity contribution is 5.95. The van der Waals surface area contributed by atoms with Crippen LogP contribution in [0.15, 0.2) is 48.5 Å². The van der Waals surface area contributed by atoms with Gasteiger partial charge in [-0.15, -0.1) is 0 Å². The lowest BCUT2D eigenvalue weighted by molar-refractivity contribution is -0.178. The molecule has 2 heterocycles. The Kier molecular flexibility index (Phi) is 8.48. The minimum atomic E-state index is -1.69. The molecule has 1 N–H and O–H groups in total. The second kappa shape index (κ2) is 12.0. The van der Waals surface area contributed by atoms with E-state index in [1.807, 2.05) is 55.5 Å². The number of ether oxygens (including phenoxy) is 2. The molecule has 1 fully saturated rings. The van der Waals surface area contributed by atoms with Crippen LogP contribution in [0.25, 0.3) is 0 Å². The number of aryl methyl sites for hydroxylation is 1. The third-order valence-electron chi connectivity index (χ3n) is 6.70.